The Kier molecular flexibility index (Phi) is 4.06. The van der Waals surface area contributed by atoms with Crippen molar-refractivity contribution in [2.75, 3.05) is 5.32 Å². The van der Waals surface area contributed by atoms with Gasteiger partial charge in [0.05, 0.1) is 5.56 Å². The average molecular weight is 322 g/mol. The highest BCUT2D eigenvalue weighted by Crippen LogP contribution is 2.17. The molecule has 0 aliphatic carbocycles. The standard InChI is InChI=1S/C14H9BrFNO2/c15-10-3-6-13(16)12(7-10)14(19)17-11-4-1-9(8-18)2-5-11/h1-8H,(H,17,19). The van der Waals surface area contributed by atoms with E-state index in [1.54, 1.807) is 24.3 Å². The second kappa shape index (κ2) is 5.75. The van der Waals surface area contributed by atoms with Gasteiger partial charge in [-0.2, -0.15) is 0 Å². The van der Waals surface area contributed by atoms with Gasteiger partial charge >= 0.3 is 0 Å². The minimum absolute atomic E-state index is 0.0474. The molecule has 5 heteroatoms. The second-order valence-corrected chi connectivity index (χ2v) is 4.73. The maximum Gasteiger partial charge on any atom is 0.258 e. The summed E-state index contributed by atoms with van der Waals surface area (Å²) in [5.41, 5.74) is 0.954. The molecule has 0 saturated carbocycles. The summed E-state index contributed by atoms with van der Waals surface area (Å²) in [6, 6.07) is 10.4. The molecule has 96 valence electrons. The van der Waals surface area contributed by atoms with E-state index in [0.717, 1.165) is 0 Å². The molecule has 0 fully saturated rings. The lowest BCUT2D eigenvalue weighted by Crippen LogP contribution is -2.13. The molecule has 0 unspecified atom stereocenters. The lowest BCUT2D eigenvalue weighted by Gasteiger charge is -2.06. The quantitative estimate of drug-likeness (QED) is 0.877. The highest BCUT2D eigenvalue weighted by Gasteiger charge is 2.12. The van der Waals surface area contributed by atoms with Crippen molar-refractivity contribution in [2.45, 2.75) is 0 Å². The van der Waals surface area contributed by atoms with E-state index in [2.05, 4.69) is 21.2 Å². The number of nitrogens with one attached hydrogen (secondary N) is 1. The van der Waals surface area contributed by atoms with Crippen LogP contribution in [-0.4, -0.2) is 12.2 Å². The number of aldehydes is 1. The zero-order valence-electron chi connectivity index (χ0n) is 9.69. The van der Waals surface area contributed by atoms with Crippen LogP contribution in [0.3, 0.4) is 0 Å². The Balaban J connectivity index is 2.20. The van der Waals surface area contributed by atoms with E-state index in [1.165, 1.54) is 18.2 Å². The highest BCUT2D eigenvalue weighted by atomic mass is 79.9. The number of benzene rings is 2. The van der Waals surface area contributed by atoms with E-state index < -0.39 is 11.7 Å². The van der Waals surface area contributed by atoms with Gasteiger partial charge in [-0.15, -0.1) is 0 Å². The first kappa shape index (κ1) is 13.4. The molecule has 2 rings (SSSR count). The first-order chi connectivity index (χ1) is 9.10. The number of hydrogen-bond donors (Lipinski definition) is 1. The Labute approximate surface area is 117 Å². The predicted octanol–water partition coefficient (Wildman–Crippen LogP) is 3.65. The Morgan fingerprint density at radius 3 is 2.47 bits per heavy atom. The second-order valence-electron chi connectivity index (χ2n) is 3.82. The molecule has 0 aromatic heterocycles. The molecule has 0 bridgehead atoms. The molecule has 0 aliphatic rings. The summed E-state index contributed by atoms with van der Waals surface area (Å²) in [5.74, 6) is -1.14. The van der Waals surface area contributed by atoms with Gasteiger partial charge in [-0.05, 0) is 42.5 Å². The van der Waals surface area contributed by atoms with Crippen LogP contribution < -0.4 is 5.32 Å². The summed E-state index contributed by atoms with van der Waals surface area (Å²) in [6.45, 7) is 0. The van der Waals surface area contributed by atoms with Crippen molar-refractivity contribution in [1.29, 1.82) is 0 Å². The maximum absolute atomic E-state index is 13.5. The fraction of sp³-hybridized carbons (Fsp3) is 0. The van der Waals surface area contributed by atoms with E-state index in [4.69, 9.17) is 0 Å². The SMILES string of the molecule is O=Cc1ccc(NC(=O)c2cc(Br)ccc2F)cc1. The molecule has 1 amide bonds. The number of amides is 1. The summed E-state index contributed by atoms with van der Waals surface area (Å²) in [4.78, 5) is 22.4. The van der Waals surface area contributed by atoms with E-state index in [1.807, 2.05) is 0 Å². The maximum atomic E-state index is 13.5. The van der Waals surface area contributed by atoms with Crippen molar-refractivity contribution in [3.05, 3.63) is 63.9 Å². The van der Waals surface area contributed by atoms with Crippen LogP contribution in [0.4, 0.5) is 10.1 Å². The molecule has 2 aromatic rings. The smallest absolute Gasteiger partial charge is 0.258 e. The number of halogens is 2. The van der Waals surface area contributed by atoms with Gasteiger partial charge in [-0.25, -0.2) is 4.39 Å². The molecule has 1 N–H and O–H groups in total. The van der Waals surface area contributed by atoms with Gasteiger partial charge in [0.15, 0.2) is 0 Å². The molecule has 19 heavy (non-hydrogen) atoms. The summed E-state index contributed by atoms with van der Waals surface area (Å²) in [5, 5.41) is 2.56. The van der Waals surface area contributed by atoms with Crippen LogP contribution in [0.5, 0.6) is 0 Å². The first-order valence-corrected chi connectivity index (χ1v) is 6.21. The van der Waals surface area contributed by atoms with E-state index in [0.29, 0.717) is 22.0 Å². The lowest BCUT2D eigenvalue weighted by molar-refractivity contribution is 0.102. The van der Waals surface area contributed by atoms with Crippen molar-refractivity contribution < 1.29 is 14.0 Å². The van der Waals surface area contributed by atoms with E-state index in [9.17, 15) is 14.0 Å². The number of hydrogen-bond acceptors (Lipinski definition) is 2. The number of carbonyl (C=O) groups excluding carboxylic acids is 2. The van der Waals surface area contributed by atoms with Gasteiger partial charge in [0.1, 0.15) is 12.1 Å². The van der Waals surface area contributed by atoms with Crippen molar-refractivity contribution >= 4 is 33.8 Å². The average Bonchev–Trinajstić information content (AvgIpc) is 2.42. The van der Waals surface area contributed by atoms with Gasteiger partial charge in [0.25, 0.3) is 5.91 Å². The van der Waals surface area contributed by atoms with Crippen LogP contribution in [0.25, 0.3) is 0 Å². The van der Waals surface area contributed by atoms with Gasteiger partial charge in [0, 0.05) is 15.7 Å². The molecule has 0 radical (unpaired) electrons. The fourth-order valence-electron chi connectivity index (χ4n) is 1.51. The Bertz CT molecular complexity index is 626. The van der Waals surface area contributed by atoms with E-state index >= 15 is 0 Å². The summed E-state index contributed by atoms with van der Waals surface area (Å²) in [7, 11) is 0. The fourth-order valence-corrected chi connectivity index (χ4v) is 1.88. The van der Waals surface area contributed by atoms with Crippen molar-refractivity contribution in [2.24, 2.45) is 0 Å². The molecule has 0 spiro atoms. The van der Waals surface area contributed by atoms with Crippen LogP contribution in [0, 0.1) is 5.82 Å². The van der Waals surface area contributed by atoms with Crippen molar-refractivity contribution in [1.82, 2.24) is 0 Å². The molecular formula is C14H9BrFNO2. The molecule has 0 atom stereocenters. The molecule has 0 aliphatic heterocycles. The van der Waals surface area contributed by atoms with Gasteiger partial charge in [-0.3, -0.25) is 9.59 Å². The van der Waals surface area contributed by atoms with Crippen LogP contribution >= 0.6 is 15.9 Å². The first-order valence-electron chi connectivity index (χ1n) is 5.42. The summed E-state index contributed by atoms with van der Waals surface area (Å²) >= 11 is 3.18. The summed E-state index contributed by atoms with van der Waals surface area (Å²) < 4.78 is 14.1. The van der Waals surface area contributed by atoms with Gasteiger partial charge in [-0.1, -0.05) is 15.9 Å². The zero-order valence-corrected chi connectivity index (χ0v) is 11.3. The molecule has 3 nitrogen and oxygen atoms in total. The van der Waals surface area contributed by atoms with Crippen LogP contribution in [-0.2, 0) is 0 Å². The number of anilines is 1. The highest BCUT2D eigenvalue weighted by molar-refractivity contribution is 9.10. The largest absolute Gasteiger partial charge is 0.322 e. The van der Waals surface area contributed by atoms with Crippen molar-refractivity contribution in [3.63, 3.8) is 0 Å². The third kappa shape index (κ3) is 3.26. The van der Waals surface area contributed by atoms with Gasteiger partial charge in [0.2, 0.25) is 0 Å². The zero-order chi connectivity index (χ0) is 13.8. The van der Waals surface area contributed by atoms with Crippen LogP contribution in [0.2, 0.25) is 0 Å². The minimum atomic E-state index is -0.592. The van der Waals surface area contributed by atoms with E-state index in [-0.39, 0.29) is 5.56 Å². The lowest BCUT2D eigenvalue weighted by atomic mass is 10.2. The third-order valence-corrected chi connectivity index (χ3v) is 2.97. The third-order valence-electron chi connectivity index (χ3n) is 2.48. The Hall–Kier alpha value is -2.01. The molecule has 0 heterocycles. The molecular weight excluding hydrogens is 313 g/mol. The number of carbonyl (C=O) groups is 2. The van der Waals surface area contributed by atoms with Crippen LogP contribution in [0.1, 0.15) is 20.7 Å². The Morgan fingerprint density at radius 2 is 1.84 bits per heavy atom. The van der Waals surface area contributed by atoms with Crippen molar-refractivity contribution in [3.8, 4) is 0 Å². The Morgan fingerprint density at radius 1 is 1.16 bits per heavy atom. The van der Waals surface area contributed by atoms with Gasteiger partial charge < -0.3 is 5.32 Å². The number of rotatable bonds is 3. The minimum Gasteiger partial charge on any atom is -0.322 e. The molecule has 2 aromatic carbocycles. The predicted molar refractivity (Wildman–Crippen MR) is 73.9 cm³/mol. The topological polar surface area (TPSA) is 46.2 Å². The normalized spacial score (nSPS) is 10.0. The summed E-state index contributed by atoms with van der Waals surface area (Å²) in [6.07, 6.45) is 0.708. The monoisotopic (exact) mass is 321 g/mol. The molecule has 0 saturated heterocycles. The van der Waals surface area contributed by atoms with Crippen LogP contribution in [0.15, 0.2) is 46.9 Å².